The molecule has 0 aromatic heterocycles. The summed E-state index contributed by atoms with van der Waals surface area (Å²) in [6.07, 6.45) is 2.82. The minimum absolute atomic E-state index is 0.299. The fourth-order valence-electron chi connectivity index (χ4n) is 3.46. The minimum Gasteiger partial charge on any atom is -0.382 e. The number of hydrogen-bond donors (Lipinski definition) is 0. The van der Waals surface area contributed by atoms with E-state index in [-0.39, 0.29) is 0 Å². The van der Waals surface area contributed by atoms with Crippen LogP contribution in [0.1, 0.15) is 47.0 Å². The average Bonchev–Trinajstić information content (AvgIpc) is 2.61. The van der Waals surface area contributed by atoms with Gasteiger partial charge in [0.05, 0.1) is 0 Å². The van der Waals surface area contributed by atoms with Gasteiger partial charge in [-0.3, -0.25) is 4.79 Å². The first-order valence-corrected chi connectivity index (χ1v) is 6.80. The van der Waals surface area contributed by atoms with Crippen LogP contribution in [0.3, 0.4) is 0 Å². The zero-order valence-corrected chi connectivity index (χ0v) is 11.5. The molecular formula is C15H24O2. The maximum Gasteiger partial charge on any atom is 0.159 e. The van der Waals surface area contributed by atoms with Crippen LogP contribution in [-0.2, 0) is 9.53 Å². The summed E-state index contributed by atoms with van der Waals surface area (Å²) in [5.41, 5.74) is 2.80. The molecule has 1 saturated carbocycles. The molecule has 0 radical (unpaired) electrons. The van der Waals surface area contributed by atoms with E-state index in [1.807, 2.05) is 6.92 Å². The first kappa shape index (κ1) is 12.8. The first-order chi connectivity index (χ1) is 8.00. The summed E-state index contributed by atoms with van der Waals surface area (Å²) in [5, 5.41) is 0. The van der Waals surface area contributed by atoms with Gasteiger partial charge in [-0.05, 0) is 49.5 Å². The lowest BCUT2D eigenvalue weighted by atomic mass is 10.00. The molecule has 2 atom stereocenters. The second-order valence-electron chi connectivity index (χ2n) is 6.01. The molecule has 2 aliphatic rings. The van der Waals surface area contributed by atoms with Crippen LogP contribution in [-0.4, -0.2) is 19.0 Å². The number of carbonyl (C=O) groups excluding carboxylic acids is 1. The topological polar surface area (TPSA) is 26.3 Å². The van der Waals surface area contributed by atoms with Gasteiger partial charge < -0.3 is 4.74 Å². The van der Waals surface area contributed by atoms with Crippen molar-refractivity contribution in [3.05, 3.63) is 11.1 Å². The first-order valence-electron chi connectivity index (χ1n) is 6.80. The molecule has 2 unspecified atom stereocenters. The lowest BCUT2D eigenvalue weighted by Crippen LogP contribution is -2.03. The summed E-state index contributed by atoms with van der Waals surface area (Å²) in [6, 6.07) is 0. The molecular weight excluding hydrogens is 212 g/mol. The summed E-state index contributed by atoms with van der Waals surface area (Å²) < 4.78 is 5.44. The van der Waals surface area contributed by atoms with Gasteiger partial charge in [-0.15, -0.1) is 0 Å². The number of hydrogen-bond acceptors (Lipinski definition) is 2. The second-order valence-corrected chi connectivity index (χ2v) is 6.01. The van der Waals surface area contributed by atoms with Crippen molar-refractivity contribution in [2.24, 2.45) is 17.3 Å². The maximum atomic E-state index is 11.9. The Bertz CT molecular complexity index is 352. The smallest absolute Gasteiger partial charge is 0.159 e. The Kier molecular flexibility index (Phi) is 3.44. The van der Waals surface area contributed by atoms with Gasteiger partial charge in [-0.2, -0.15) is 0 Å². The molecule has 96 valence electrons. The fraction of sp³-hybridized carbons (Fsp3) is 0.800. The van der Waals surface area contributed by atoms with Crippen molar-refractivity contribution in [3.8, 4) is 0 Å². The van der Waals surface area contributed by atoms with Gasteiger partial charge in [0.1, 0.15) is 0 Å². The number of allylic oxidation sites excluding steroid dienone is 2. The predicted octanol–water partition coefficient (Wildman–Crippen LogP) is 3.36. The van der Waals surface area contributed by atoms with Crippen molar-refractivity contribution in [2.45, 2.75) is 47.0 Å². The third-order valence-electron chi connectivity index (χ3n) is 4.63. The van der Waals surface area contributed by atoms with E-state index in [9.17, 15) is 4.79 Å². The molecule has 2 rings (SSSR count). The van der Waals surface area contributed by atoms with Crippen LogP contribution < -0.4 is 0 Å². The number of rotatable bonds is 5. The van der Waals surface area contributed by atoms with Crippen molar-refractivity contribution in [1.82, 2.24) is 0 Å². The van der Waals surface area contributed by atoms with E-state index in [2.05, 4.69) is 20.8 Å². The van der Waals surface area contributed by atoms with E-state index in [1.54, 1.807) is 0 Å². The largest absolute Gasteiger partial charge is 0.382 e. The van der Waals surface area contributed by atoms with Gasteiger partial charge in [0.15, 0.2) is 5.78 Å². The van der Waals surface area contributed by atoms with Crippen LogP contribution in [0.15, 0.2) is 11.1 Å². The molecule has 0 heterocycles. The fourth-order valence-corrected chi connectivity index (χ4v) is 3.46. The molecule has 0 aromatic carbocycles. The molecule has 1 fully saturated rings. The van der Waals surface area contributed by atoms with E-state index >= 15 is 0 Å². The van der Waals surface area contributed by atoms with Gasteiger partial charge in [0, 0.05) is 19.6 Å². The molecule has 0 amide bonds. The van der Waals surface area contributed by atoms with Crippen LogP contribution in [0.5, 0.6) is 0 Å². The number of ether oxygens (including phenoxy) is 1. The Labute approximate surface area is 104 Å². The molecule has 0 bridgehead atoms. The van der Waals surface area contributed by atoms with Crippen molar-refractivity contribution >= 4 is 5.78 Å². The molecule has 0 aromatic rings. The van der Waals surface area contributed by atoms with Gasteiger partial charge in [0.25, 0.3) is 0 Å². The van der Waals surface area contributed by atoms with Gasteiger partial charge in [0.2, 0.25) is 0 Å². The Hall–Kier alpha value is -0.630. The Morgan fingerprint density at radius 1 is 1.35 bits per heavy atom. The van der Waals surface area contributed by atoms with Crippen molar-refractivity contribution < 1.29 is 9.53 Å². The van der Waals surface area contributed by atoms with E-state index in [1.165, 1.54) is 5.57 Å². The summed E-state index contributed by atoms with van der Waals surface area (Å²) >= 11 is 0. The molecule has 0 saturated heterocycles. The maximum absolute atomic E-state index is 11.9. The highest BCUT2D eigenvalue weighted by Crippen LogP contribution is 2.64. The minimum atomic E-state index is 0.299. The number of Topliss-reactive ketones (excluding diaryl/α,β-unsaturated/α-hetero) is 1. The average molecular weight is 236 g/mol. The highest BCUT2D eigenvalue weighted by Gasteiger charge is 2.60. The third kappa shape index (κ3) is 2.20. The zero-order chi connectivity index (χ0) is 12.6. The zero-order valence-electron chi connectivity index (χ0n) is 11.5. The molecule has 2 nitrogen and oxygen atoms in total. The highest BCUT2D eigenvalue weighted by atomic mass is 16.5. The molecule has 2 aliphatic carbocycles. The van der Waals surface area contributed by atoms with Crippen molar-refractivity contribution in [3.63, 3.8) is 0 Å². The highest BCUT2D eigenvalue weighted by molar-refractivity contribution is 5.99. The van der Waals surface area contributed by atoms with Crippen LogP contribution in [0.25, 0.3) is 0 Å². The number of ketones is 1. The van der Waals surface area contributed by atoms with E-state index < -0.39 is 0 Å². The van der Waals surface area contributed by atoms with Crippen LogP contribution >= 0.6 is 0 Å². The van der Waals surface area contributed by atoms with Crippen molar-refractivity contribution in [2.75, 3.05) is 13.2 Å². The van der Waals surface area contributed by atoms with Crippen LogP contribution in [0.4, 0.5) is 0 Å². The summed E-state index contributed by atoms with van der Waals surface area (Å²) in [4.78, 5) is 11.9. The van der Waals surface area contributed by atoms with E-state index in [0.29, 0.717) is 23.0 Å². The van der Waals surface area contributed by atoms with Gasteiger partial charge in [-0.25, -0.2) is 0 Å². The third-order valence-corrected chi connectivity index (χ3v) is 4.63. The molecule has 0 aliphatic heterocycles. The lowest BCUT2D eigenvalue weighted by molar-refractivity contribution is -0.115. The normalized spacial score (nSPS) is 31.2. The van der Waals surface area contributed by atoms with E-state index in [4.69, 9.17) is 4.74 Å². The Morgan fingerprint density at radius 2 is 2.06 bits per heavy atom. The van der Waals surface area contributed by atoms with Crippen LogP contribution in [0.2, 0.25) is 0 Å². The SMILES string of the molecule is CCOCCC1C(C2=C(C)CCC2=O)C1(C)C. The summed E-state index contributed by atoms with van der Waals surface area (Å²) in [7, 11) is 0. The molecule has 17 heavy (non-hydrogen) atoms. The second kappa shape index (κ2) is 4.56. The quantitative estimate of drug-likeness (QED) is 0.684. The monoisotopic (exact) mass is 236 g/mol. The molecule has 2 heteroatoms. The standard InChI is InChI=1S/C15H24O2/c1-5-17-9-8-11-14(15(11,3)4)13-10(2)6-7-12(13)16/h11,14H,5-9H2,1-4H3. The summed E-state index contributed by atoms with van der Waals surface area (Å²) in [5.74, 6) is 1.54. The lowest BCUT2D eigenvalue weighted by Gasteiger charge is -2.04. The molecule has 0 spiro atoms. The van der Waals surface area contributed by atoms with Crippen LogP contribution in [0, 0.1) is 17.3 Å². The van der Waals surface area contributed by atoms with Gasteiger partial charge >= 0.3 is 0 Å². The number of carbonyl (C=O) groups is 1. The Balaban J connectivity index is 2.03. The predicted molar refractivity (Wildman–Crippen MR) is 68.8 cm³/mol. The molecule has 0 N–H and O–H groups in total. The van der Waals surface area contributed by atoms with E-state index in [0.717, 1.165) is 38.0 Å². The van der Waals surface area contributed by atoms with Gasteiger partial charge in [-0.1, -0.05) is 19.4 Å². The summed E-state index contributed by atoms with van der Waals surface area (Å²) in [6.45, 7) is 10.4. The van der Waals surface area contributed by atoms with Crippen molar-refractivity contribution in [1.29, 1.82) is 0 Å². The Morgan fingerprint density at radius 3 is 2.59 bits per heavy atom.